The minimum Gasteiger partial charge on any atom is -0.478 e. The number of rotatable bonds is 11. The number of H-pyrrole nitrogens is 1. The van der Waals surface area contributed by atoms with Gasteiger partial charge in [-0.2, -0.15) is 0 Å². The van der Waals surface area contributed by atoms with Crippen molar-refractivity contribution in [2.24, 2.45) is 5.73 Å². The van der Waals surface area contributed by atoms with Crippen molar-refractivity contribution in [3.05, 3.63) is 83.7 Å². The Hall–Kier alpha value is -4.17. The number of nitrogens with one attached hydrogen (secondary N) is 3. The van der Waals surface area contributed by atoms with E-state index in [9.17, 15) is 4.79 Å². The third-order valence-corrected chi connectivity index (χ3v) is 5.95. The number of carbonyl (C=O) groups excluding carboxylic acids is 1. The van der Waals surface area contributed by atoms with Crippen LogP contribution >= 0.6 is 0 Å². The molecule has 2 aromatic carbocycles. The first kappa shape index (κ1) is 24.9. The molecule has 8 heteroatoms. The summed E-state index contributed by atoms with van der Waals surface area (Å²) in [4.78, 5) is 22.3. The van der Waals surface area contributed by atoms with Gasteiger partial charge in [-0.25, -0.2) is 4.98 Å². The SMILES string of the molecule is CN(C)CCCOc1ccc(-c2ccc(C(=O)NCCc3ccc4[nH]cc(C(=N)N)c4c3)cc2)cn1. The van der Waals surface area contributed by atoms with Gasteiger partial charge in [0.05, 0.1) is 6.61 Å². The fourth-order valence-electron chi connectivity index (χ4n) is 3.98. The highest BCUT2D eigenvalue weighted by molar-refractivity contribution is 6.07. The Morgan fingerprint density at radius 3 is 2.58 bits per heavy atom. The number of nitrogens with two attached hydrogens (primary N) is 1. The molecule has 0 aliphatic rings. The summed E-state index contributed by atoms with van der Waals surface area (Å²) in [6.45, 7) is 2.11. The van der Waals surface area contributed by atoms with Gasteiger partial charge in [-0.15, -0.1) is 0 Å². The molecule has 0 fully saturated rings. The summed E-state index contributed by atoms with van der Waals surface area (Å²) in [5, 5.41) is 11.6. The number of ether oxygens (including phenoxy) is 1. The van der Waals surface area contributed by atoms with Crippen molar-refractivity contribution in [3.8, 4) is 17.0 Å². The van der Waals surface area contributed by atoms with Crippen molar-refractivity contribution in [1.29, 1.82) is 5.41 Å². The van der Waals surface area contributed by atoms with E-state index in [-0.39, 0.29) is 11.7 Å². The molecule has 0 unspecified atom stereocenters. The van der Waals surface area contributed by atoms with Gasteiger partial charge in [0.25, 0.3) is 5.91 Å². The average Bonchev–Trinajstić information content (AvgIpc) is 3.31. The van der Waals surface area contributed by atoms with E-state index in [1.54, 1.807) is 12.4 Å². The molecule has 4 rings (SSSR count). The fraction of sp³-hybridized carbons (Fsp3) is 0.250. The van der Waals surface area contributed by atoms with Crippen LogP contribution in [0.25, 0.3) is 22.0 Å². The number of carbonyl (C=O) groups is 1. The van der Waals surface area contributed by atoms with E-state index in [1.807, 2.05) is 68.7 Å². The highest BCUT2D eigenvalue weighted by Gasteiger charge is 2.09. The second-order valence-electron chi connectivity index (χ2n) is 8.97. The van der Waals surface area contributed by atoms with Crippen LogP contribution in [0.4, 0.5) is 0 Å². The van der Waals surface area contributed by atoms with E-state index < -0.39 is 0 Å². The molecule has 0 radical (unpaired) electrons. The minimum absolute atomic E-state index is 0.0332. The third kappa shape index (κ3) is 6.28. The second kappa shape index (κ2) is 11.5. The van der Waals surface area contributed by atoms with Crippen LogP contribution in [0.5, 0.6) is 5.88 Å². The summed E-state index contributed by atoms with van der Waals surface area (Å²) in [6.07, 6.45) is 5.16. The van der Waals surface area contributed by atoms with Gasteiger partial charge in [-0.05, 0) is 68.4 Å². The smallest absolute Gasteiger partial charge is 0.251 e. The Kier molecular flexibility index (Phi) is 7.97. The number of hydrogen-bond donors (Lipinski definition) is 4. The Morgan fingerprint density at radius 2 is 1.89 bits per heavy atom. The number of fused-ring (bicyclic) bond motifs is 1. The maximum Gasteiger partial charge on any atom is 0.251 e. The van der Waals surface area contributed by atoms with E-state index >= 15 is 0 Å². The van der Waals surface area contributed by atoms with Crippen LogP contribution in [0.3, 0.4) is 0 Å². The number of nitrogen functional groups attached to an aromatic ring is 1. The lowest BCUT2D eigenvalue weighted by molar-refractivity contribution is 0.0954. The van der Waals surface area contributed by atoms with Crippen molar-refractivity contribution < 1.29 is 9.53 Å². The monoisotopic (exact) mass is 484 g/mol. The van der Waals surface area contributed by atoms with Gasteiger partial charge in [-0.1, -0.05) is 18.2 Å². The maximum atomic E-state index is 12.6. The highest BCUT2D eigenvalue weighted by atomic mass is 16.5. The molecule has 1 amide bonds. The molecule has 0 aliphatic carbocycles. The van der Waals surface area contributed by atoms with E-state index in [2.05, 4.69) is 20.2 Å². The zero-order valence-electron chi connectivity index (χ0n) is 20.7. The first-order valence-electron chi connectivity index (χ1n) is 12.0. The molecule has 2 aromatic heterocycles. The number of amidine groups is 1. The van der Waals surface area contributed by atoms with Crippen LogP contribution < -0.4 is 15.8 Å². The van der Waals surface area contributed by atoms with E-state index in [0.717, 1.165) is 40.6 Å². The first-order valence-corrected chi connectivity index (χ1v) is 12.0. The molecule has 36 heavy (non-hydrogen) atoms. The van der Waals surface area contributed by atoms with Gasteiger partial charge < -0.3 is 25.7 Å². The van der Waals surface area contributed by atoms with Gasteiger partial charge in [0.15, 0.2) is 0 Å². The average molecular weight is 485 g/mol. The van der Waals surface area contributed by atoms with Crippen LogP contribution in [0.1, 0.15) is 27.9 Å². The summed E-state index contributed by atoms with van der Waals surface area (Å²) >= 11 is 0. The van der Waals surface area contributed by atoms with Crippen LogP contribution in [0.2, 0.25) is 0 Å². The summed E-state index contributed by atoms with van der Waals surface area (Å²) in [5.74, 6) is 0.529. The molecule has 4 aromatic rings. The lowest BCUT2D eigenvalue weighted by Gasteiger charge is -2.10. The Bertz CT molecular complexity index is 1330. The van der Waals surface area contributed by atoms with Gasteiger partial charge >= 0.3 is 0 Å². The molecule has 0 spiro atoms. The lowest BCUT2D eigenvalue weighted by Crippen LogP contribution is -2.25. The number of benzene rings is 2. The molecule has 5 N–H and O–H groups in total. The molecule has 0 bridgehead atoms. The summed E-state index contributed by atoms with van der Waals surface area (Å²) in [5.41, 5.74) is 10.9. The quantitative estimate of drug-likeness (QED) is 0.147. The summed E-state index contributed by atoms with van der Waals surface area (Å²) in [7, 11) is 4.08. The Balaban J connectivity index is 1.29. The standard InChI is InChI=1S/C28H32N6O2/c1-34(2)14-3-15-36-26-11-9-22(17-33-26)20-5-7-21(8-6-20)28(35)31-13-12-19-4-10-25-23(16-19)24(18-32-25)27(29)30/h4-11,16-18,32H,3,12-15H2,1-2H3,(H3,29,30)(H,31,35). The number of aromatic amines is 1. The molecule has 0 atom stereocenters. The van der Waals surface area contributed by atoms with Crippen LogP contribution in [0.15, 0.2) is 67.0 Å². The second-order valence-corrected chi connectivity index (χ2v) is 8.97. The van der Waals surface area contributed by atoms with Crippen LogP contribution in [0, 0.1) is 5.41 Å². The van der Waals surface area contributed by atoms with Crippen molar-refractivity contribution in [2.75, 3.05) is 33.8 Å². The van der Waals surface area contributed by atoms with Crippen LogP contribution in [-0.4, -0.2) is 60.4 Å². The molecule has 2 heterocycles. The van der Waals surface area contributed by atoms with E-state index in [1.165, 1.54) is 0 Å². The van der Waals surface area contributed by atoms with Crippen molar-refractivity contribution in [3.63, 3.8) is 0 Å². The van der Waals surface area contributed by atoms with Gasteiger partial charge in [0.1, 0.15) is 5.84 Å². The molecule has 186 valence electrons. The zero-order chi connectivity index (χ0) is 25.5. The largest absolute Gasteiger partial charge is 0.478 e. The first-order chi connectivity index (χ1) is 17.4. The van der Waals surface area contributed by atoms with E-state index in [4.69, 9.17) is 15.9 Å². The predicted molar refractivity (Wildman–Crippen MR) is 144 cm³/mol. The number of pyridine rings is 1. The zero-order valence-corrected chi connectivity index (χ0v) is 20.7. The predicted octanol–water partition coefficient (Wildman–Crippen LogP) is 3.82. The van der Waals surface area contributed by atoms with E-state index in [0.29, 0.717) is 36.6 Å². The molecule has 0 saturated carbocycles. The number of hydrogen-bond acceptors (Lipinski definition) is 5. The van der Waals surface area contributed by atoms with Crippen molar-refractivity contribution in [1.82, 2.24) is 20.2 Å². The molecular formula is C28H32N6O2. The van der Waals surface area contributed by atoms with Crippen LogP contribution in [-0.2, 0) is 6.42 Å². The maximum absolute atomic E-state index is 12.6. The number of amides is 1. The van der Waals surface area contributed by atoms with Gasteiger partial charge in [0.2, 0.25) is 5.88 Å². The van der Waals surface area contributed by atoms with Crippen molar-refractivity contribution >= 4 is 22.6 Å². The summed E-state index contributed by atoms with van der Waals surface area (Å²) < 4.78 is 5.69. The summed E-state index contributed by atoms with van der Waals surface area (Å²) in [6, 6.07) is 17.3. The third-order valence-electron chi connectivity index (χ3n) is 5.95. The fourth-order valence-corrected chi connectivity index (χ4v) is 3.98. The topological polar surface area (TPSA) is 120 Å². The highest BCUT2D eigenvalue weighted by Crippen LogP contribution is 2.22. The number of nitrogens with zero attached hydrogens (tertiary/aromatic N) is 2. The minimum atomic E-state index is -0.117. The Labute approximate surface area is 211 Å². The molecule has 0 aliphatic heterocycles. The normalized spacial score (nSPS) is 11.1. The number of aromatic nitrogens is 2. The molecular weight excluding hydrogens is 452 g/mol. The molecule has 8 nitrogen and oxygen atoms in total. The van der Waals surface area contributed by atoms with Gasteiger partial charge in [0, 0.05) is 59.1 Å². The molecule has 0 saturated heterocycles. The van der Waals surface area contributed by atoms with Gasteiger partial charge in [-0.3, -0.25) is 10.2 Å². The van der Waals surface area contributed by atoms with Crippen molar-refractivity contribution in [2.45, 2.75) is 12.8 Å². The lowest BCUT2D eigenvalue weighted by atomic mass is 10.0. The Morgan fingerprint density at radius 1 is 1.11 bits per heavy atom.